The highest BCUT2D eigenvalue weighted by Crippen LogP contribution is 2.22. The zero-order valence-corrected chi connectivity index (χ0v) is 15.3. The first-order chi connectivity index (χ1) is 13.7. The summed E-state index contributed by atoms with van der Waals surface area (Å²) in [6.07, 6.45) is -3.30. The number of benzene rings is 2. The highest BCUT2D eigenvalue weighted by atomic mass is 19.4. The molecule has 2 aromatic carbocycles. The number of rotatable bonds is 6. The van der Waals surface area contributed by atoms with Crippen LogP contribution in [0.4, 0.5) is 13.2 Å². The van der Waals surface area contributed by atoms with E-state index in [0.717, 1.165) is 22.3 Å². The van der Waals surface area contributed by atoms with Gasteiger partial charge >= 0.3 is 12.1 Å². The van der Waals surface area contributed by atoms with Gasteiger partial charge in [-0.15, -0.1) is 13.2 Å². The average molecular weight is 406 g/mol. The average Bonchev–Trinajstić information content (AvgIpc) is 3.01. The van der Waals surface area contributed by atoms with Gasteiger partial charge in [-0.25, -0.2) is 4.79 Å². The monoisotopic (exact) mass is 406 g/mol. The van der Waals surface area contributed by atoms with Gasteiger partial charge in [0.15, 0.2) is 5.76 Å². The summed E-state index contributed by atoms with van der Waals surface area (Å²) in [5, 5.41) is 2.60. The van der Waals surface area contributed by atoms with Crippen LogP contribution in [0.15, 0.2) is 63.9 Å². The molecule has 9 heteroatoms. The molecule has 152 valence electrons. The van der Waals surface area contributed by atoms with Crippen LogP contribution in [-0.4, -0.2) is 16.8 Å². The fraction of sp³-hybridized carbons (Fsp3) is 0.200. The van der Waals surface area contributed by atoms with Crippen LogP contribution in [-0.2, 0) is 17.9 Å². The van der Waals surface area contributed by atoms with E-state index in [1.807, 2.05) is 31.2 Å². The van der Waals surface area contributed by atoms with Gasteiger partial charge in [-0.2, -0.15) is 0 Å². The predicted molar refractivity (Wildman–Crippen MR) is 98.1 cm³/mol. The first-order valence-corrected chi connectivity index (χ1v) is 8.58. The lowest BCUT2D eigenvalue weighted by molar-refractivity contribution is -0.274. The van der Waals surface area contributed by atoms with E-state index in [-0.39, 0.29) is 18.8 Å². The highest BCUT2D eigenvalue weighted by molar-refractivity contribution is 5.75. The van der Waals surface area contributed by atoms with Gasteiger partial charge < -0.3 is 14.5 Å². The molecule has 0 radical (unpaired) electrons. The smallest absolute Gasteiger partial charge is 0.408 e. The normalized spacial score (nSPS) is 11.3. The number of nitrogens with zero attached hydrogens (tertiary/aromatic N) is 1. The highest BCUT2D eigenvalue weighted by Gasteiger charge is 2.30. The van der Waals surface area contributed by atoms with Crippen molar-refractivity contribution in [2.75, 3.05) is 0 Å². The third kappa shape index (κ3) is 5.74. The van der Waals surface area contributed by atoms with Gasteiger partial charge in [-0.3, -0.25) is 9.36 Å². The van der Waals surface area contributed by atoms with Gasteiger partial charge in [0, 0.05) is 12.1 Å². The number of hydrogen-bond acceptors (Lipinski definition) is 4. The standard InChI is InChI=1S/C20H17F3N2O4/c1-13-2-6-15(7-3-13)17-11-25(19(27)28-17)12-18(26)24-10-14-4-8-16(9-5-14)29-20(21,22)23/h2-9,11H,10,12H2,1H3,(H,24,26). The van der Waals surface area contributed by atoms with Crippen LogP contribution in [0.3, 0.4) is 0 Å². The van der Waals surface area contributed by atoms with Crippen molar-refractivity contribution in [3.63, 3.8) is 0 Å². The SMILES string of the molecule is Cc1ccc(-c2cn(CC(=O)NCc3ccc(OC(F)(F)F)cc3)c(=O)o2)cc1. The predicted octanol–water partition coefficient (Wildman–Crippen LogP) is 3.63. The number of nitrogens with one attached hydrogen (secondary N) is 1. The summed E-state index contributed by atoms with van der Waals surface area (Å²) in [5.74, 6) is -1.10. The van der Waals surface area contributed by atoms with Crippen LogP contribution in [0.2, 0.25) is 0 Å². The van der Waals surface area contributed by atoms with Crippen molar-refractivity contribution < 1.29 is 27.1 Å². The summed E-state index contributed by atoms with van der Waals surface area (Å²) in [5.41, 5.74) is 2.36. The Morgan fingerprint density at radius 2 is 1.76 bits per heavy atom. The Hall–Kier alpha value is -3.49. The summed E-state index contributed by atoms with van der Waals surface area (Å²) in [6, 6.07) is 12.5. The summed E-state index contributed by atoms with van der Waals surface area (Å²) < 4.78 is 46.6. The molecule has 0 atom stereocenters. The Labute approximate surface area is 163 Å². The number of aromatic nitrogens is 1. The van der Waals surface area contributed by atoms with E-state index in [1.165, 1.54) is 18.3 Å². The molecule has 0 bridgehead atoms. The fourth-order valence-corrected chi connectivity index (χ4v) is 2.56. The Morgan fingerprint density at radius 1 is 1.10 bits per heavy atom. The quantitative estimate of drug-likeness (QED) is 0.679. The molecule has 6 nitrogen and oxygen atoms in total. The topological polar surface area (TPSA) is 73.5 Å². The van der Waals surface area contributed by atoms with Crippen molar-refractivity contribution >= 4 is 5.91 Å². The zero-order chi connectivity index (χ0) is 21.0. The molecule has 0 saturated carbocycles. The molecular formula is C20H17F3N2O4. The van der Waals surface area contributed by atoms with Gasteiger partial charge in [0.1, 0.15) is 12.3 Å². The molecule has 0 unspecified atom stereocenters. The summed E-state index contributed by atoms with van der Waals surface area (Å²) in [4.78, 5) is 24.0. The molecule has 1 heterocycles. The molecule has 29 heavy (non-hydrogen) atoms. The number of hydrogen-bond donors (Lipinski definition) is 1. The third-order valence-electron chi connectivity index (χ3n) is 4.00. The van der Waals surface area contributed by atoms with Crippen molar-refractivity contribution in [2.24, 2.45) is 0 Å². The number of carbonyl (C=O) groups is 1. The van der Waals surface area contributed by atoms with Crippen LogP contribution in [0.25, 0.3) is 11.3 Å². The van der Waals surface area contributed by atoms with Crippen LogP contribution >= 0.6 is 0 Å². The summed E-state index contributed by atoms with van der Waals surface area (Å²) in [6.45, 7) is 1.78. The number of aryl methyl sites for hydroxylation is 1. The van der Waals surface area contributed by atoms with Gasteiger partial charge in [-0.1, -0.05) is 42.0 Å². The van der Waals surface area contributed by atoms with E-state index < -0.39 is 18.0 Å². The first-order valence-electron chi connectivity index (χ1n) is 8.58. The molecule has 0 aliphatic heterocycles. The Morgan fingerprint density at radius 3 is 2.38 bits per heavy atom. The minimum atomic E-state index is -4.76. The second kappa shape index (κ2) is 8.26. The van der Waals surface area contributed by atoms with Crippen molar-refractivity contribution in [3.8, 4) is 17.1 Å². The molecule has 1 amide bonds. The molecule has 0 aliphatic carbocycles. The molecule has 0 fully saturated rings. The van der Waals surface area contributed by atoms with Gasteiger partial charge in [0.25, 0.3) is 0 Å². The van der Waals surface area contributed by atoms with E-state index in [2.05, 4.69) is 10.1 Å². The maximum Gasteiger partial charge on any atom is 0.573 e. The second-order valence-corrected chi connectivity index (χ2v) is 6.32. The number of carbonyl (C=O) groups excluding carboxylic acids is 1. The number of oxazole rings is 1. The lowest BCUT2D eigenvalue weighted by Crippen LogP contribution is -2.30. The van der Waals surface area contributed by atoms with Crippen molar-refractivity contribution in [2.45, 2.75) is 26.4 Å². The van der Waals surface area contributed by atoms with E-state index in [1.54, 1.807) is 0 Å². The number of amides is 1. The van der Waals surface area contributed by atoms with E-state index >= 15 is 0 Å². The second-order valence-electron chi connectivity index (χ2n) is 6.32. The maximum absolute atomic E-state index is 12.1. The van der Waals surface area contributed by atoms with Crippen LogP contribution in [0.1, 0.15) is 11.1 Å². The van der Waals surface area contributed by atoms with Gasteiger partial charge in [0.05, 0.1) is 6.20 Å². The van der Waals surface area contributed by atoms with Crippen molar-refractivity contribution in [1.82, 2.24) is 9.88 Å². The first kappa shape index (κ1) is 20.2. The van der Waals surface area contributed by atoms with Crippen LogP contribution < -0.4 is 15.8 Å². The fourth-order valence-electron chi connectivity index (χ4n) is 2.56. The zero-order valence-electron chi connectivity index (χ0n) is 15.3. The number of alkyl halides is 3. The lowest BCUT2D eigenvalue weighted by Gasteiger charge is -2.09. The molecule has 3 rings (SSSR count). The van der Waals surface area contributed by atoms with Crippen molar-refractivity contribution in [1.29, 1.82) is 0 Å². The van der Waals surface area contributed by atoms with Crippen molar-refractivity contribution in [3.05, 3.63) is 76.4 Å². The molecule has 1 N–H and O–H groups in total. The minimum Gasteiger partial charge on any atom is -0.408 e. The Bertz CT molecular complexity index is 1040. The van der Waals surface area contributed by atoms with Crippen LogP contribution in [0, 0.1) is 6.92 Å². The molecule has 0 aliphatic rings. The molecule has 0 spiro atoms. The maximum atomic E-state index is 12.1. The van der Waals surface area contributed by atoms with E-state index in [4.69, 9.17) is 4.42 Å². The Balaban J connectivity index is 1.57. The molecule has 1 aromatic heterocycles. The van der Waals surface area contributed by atoms with Gasteiger partial charge in [-0.05, 0) is 24.6 Å². The number of halogens is 3. The minimum absolute atomic E-state index is 0.0859. The van der Waals surface area contributed by atoms with E-state index in [9.17, 15) is 22.8 Å². The van der Waals surface area contributed by atoms with Gasteiger partial charge in [0.2, 0.25) is 5.91 Å². The number of ether oxygens (including phenoxy) is 1. The largest absolute Gasteiger partial charge is 0.573 e. The summed E-state index contributed by atoms with van der Waals surface area (Å²) in [7, 11) is 0. The Kier molecular flexibility index (Phi) is 5.76. The third-order valence-corrected chi connectivity index (χ3v) is 4.00. The molecular weight excluding hydrogens is 389 g/mol. The summed E-state index contributed by atoms with van der Waals surface area (Å²) >= 11 is 0. The molecule has 0 saturated heterocycles. The van der Waals surface area contributed by atoms with E-state index in [0.29, 0.717) is 16.9 Å². The lowest BCUT2D eigenvalue weighted by atomic mass is 10.1. The van der Waals surface area contributed by atoms with Crippen LogP contribution in [0.5, 0.6) is 5.75 Å². The molecule has 3 aromatic rings.